The van der Waals surface area contributed by atoms with Crippen molar-refractivity contribution in [1.82, 2.24) is 24.6 Å². The van der Waals surface area contributed by atoms with E-state index in [-0.39, 0.29) is 18.8 Å². The van der Waals surface area contributed by atoms with Gasteiger partial charge in [-0.3, -0.25) is 19.1 Å². The van der Waals surface area contributed by atoms with Gasteiger partial charge < -0.3 is 5.32 Å². The summed E-state index contributed by atoms with van der Waals surface area (Å²) in [5.41, 5.74) is 2.31. The molecule has 2 heterocycles. The van der Waals surface area contributed by atoms with E-state index in [0.717, 1.165) is 25.9 Å². The first-order valence-corrected chi connectivity index (χ1v) is 11.4. The zero-order chi connectivity index (χ0) is 24.9. The molecule has 0 bridgehead atoms. The van der Waals surface area contributed by atoms with Gasteiger partial charge in [-0.1, -0.05) is 61.9 Å². The van der Waals surface area contributed by atoms with Gasteiger partial charge in [0.25, 0.3) is 11.5 Å². The number of benzene rings is 2. The Morgan fingerprint density at radius 3 is 2.31 bits per heavy atom. The number of rotatable bonds is 7. The van der Waals surface area contributed by atoms with Gasteiger partial charge in [-0.15, -0.1) is 0 Å². The molecule has 178 valence electrons. The van der Waals surface area contributed by atoms with E-state index in [1.54, 1.807) is 30.5 Å². The molecule has 4 rings (SSSR count). The molecule has 0 spiro atoms. The van der Waals surface area contributed by atoms with E-state index in [0.29, 0.717) is 17.3 Å². The lowest BCUT2D eigenvalue weighted by atomic mass is 10.0. The Morgan fingerprint density at radius 1 is 0.971 bits per heavy atom. The third-order valence-corrected chi connectivity index (χ3v) is 5.70. The van der Waals surface area contributed by atoms with Crippen molar-refractivity contribution in [2.75, 3.05) is 0 Å². The first-order chi connectivity index (χ1) is 16.8. The molecule has 2 aromatic heterocycles. The number of pyridine rings is 1. The van der Waals surface area contributed by atoms with Crippen molar-refractivity contribution < 1.29 is 4.79 Å². The Labute approximate surface area is 202 Å². The number of aromatic nitrogens is 4. The second-order valence-electron chi connectivity index (χ2n) is 8.67. The van der Waals surface area contributed by atoms with Gasteiger partial charge in [0, 0.05) is 6.20 Å². The summed E-state index contributed by atoms with van der Waals surface area (Å²) in [6.45, 7) is 6.25. The van der Waals surface area contributed by atoms with Gasteiger partial charge >= 0.3 is 5.69 Å². The summed E-state index contributed by atoms with van der Waals surface area (Å²) in [5.74, 6) is -0.358. The first-order valence-electron chi connectivity index (χ1n) is 11.4. The van der Waals surface area contributed by atoms with E-state index in [9.17, 15) is 14.4 Å². The Kier molecular flexibility index (Phi) is 7.01. The largest absolute Gasteiger partial charge is 0.352 e. The highest BCUT2D eigenvalue weighted by molar-refractivity contribution is 5.91. The van der Waals surface area contributed by atoms with Crippen LogP contribution in [0.1, 0.15) is 52.6 Å². The van der Waals surface area contributed by atoms with Gasteiger partial charge in [0.1, 0.15) is 0 Å². The van der Waals surface area contributed by atoms with Crippen LogP contribution in [0.5, 0.6) is 0 Å². The molecule has 1 amide bonds. The van der Waals surface area contributed by atoms with Crippen LogP contribution in [0.3, 0.4) is 0 Å². The molecule has 0 saturated heterocycles. The Morgan fingerprint density at radius 2 is 1.69 bits per heavy atom. The zero-order valence-electron chi connectivity index (χ0n) is 19.9. The second-order valence-corrected chi connectivity index (χ2v) is 8.67. The van der Waals surface area contributed by atoms with Crippen molar-refractivity contribution in [3.05, 3.63) is 122 Å². The van der Waals surface area contributed by atoms with Crippen LogP contribution in [0, 0.1) is 6.92 Å². The molecule has 1 N–H and O–H groups in total. The maximum atomic E-state index is 13.4. The molecule has 8 nitrogen and oxygen atoms in total. The molecule has 0 aliphatic carbocycles. The van der Waals surface area contributed by atoms with Gasteiger partial charge in [-0.05, 0) is 48.2 Å². The molecule has 35 heavy (non-hydrogen) atoms. The van der Waals surface area contributed by atoms with Gasteiger partial charge in [0.15, 0.2) is 0 Å². The molecule has 8 heteroatoms. The highest BCUT2D eigenvalue weighted by Crippen LogP contribution is 2.15. The van der Waals surface area contributed by atoms with Crippen LogP contribution >= 0.6 is 0 Å². The van der Waals surface area contributed by atoms with E-state index in [1.807, 2.05) is 49.4 Å². The van der Waals surface area contributed by atoms with Crippen molar-refractivity contribution >= 4 is 5.91 Å². The van der Waals surface area contributed by atoms with Crippen LogP contribution in [0.25, 0.3) is 5.69 Å². The monoisotopic (exact) mass is 469 g/mol. The predicted molar refractivity (Wildman–Crippen MR) is 134 cm³/mol. The lowest BCUT2D eigenvalue weighted by Gasteiger charge is -2.13. The number of nitrogens with zero attached hydrogens (tertiary/aromatic N) is 4. The second kappa shape index (κ2) is 10.3. The van der Waals surface area contributed by atoms with E-state index in [4.69, 9.17) is 0 Å². The van der Waals surface area contributed by atoms with E-state index in [1.165, 1.54) is 0 Å². The number of carbonyl (C=O) groups excluding carboxylic acids is 1. The number of carbonyl (C=O) groups is 1. The smallest absolute Gasteiger partial charge is 0.345 e. The van der Waals surface area contributed by atoms with Gasteiger partial charge in [-0.2, -0.15) is 9.78 Å². The fraction of sp³-hybridized carbons (Fsp3) is 0.222. The van der Waals surface area contributed by atoms with Gasteiger partial charge in [0.05, 0.1) is 24.5 Å². The minimum Gasteiger partial charge on any atom is -0.345 e. The van der Waals surface area contributed by atoms with Crippen molar-refractivity contribution in [1.29, 1.82) is 0 Å². The van der Waals surface area contributed by atoms with E-state index in [2.05, 4.69) is 29.2 Å². The molecule has 4 aromatic rings. The van der Waals surface area contributed by atoms with Gasteiger partial charge in [-0.25, -0.2) is 4.79 Å². The maximum absolute atomic E-state index is 13.4. The maximum Gasteiger partial charge on any atom is 0.352 e. The van der Waals surface area contributed by atoms with E-state index < -0.39 is 17.2 Å². The van der Waals surface area contributed by atoms with E-state index >= 15 is 0 Å². The topological polar surface area (TPSA) is 98.9 Å². The Hall–Kier alpha value is -4.33. The fourth-order valence-electron chi connectivity index (χ4n) is 3.60. The molecule has 0 radical (unpaired) electrons. The van der Waals surface area contributed by atoms with Gasteiger partial charge in [0.2, 0.25) is 5.69 Å². The predicted octanol–water partition coefficient (Wildman–Crippen LogP) is 3.20. The summed E-state index contributed by atoms with van der Waals surface area (Å²) >= 11 is 0. The standard InChI is InChI=1S/C27H27N5O3/c1-18(2)21-11-13-23(14-12-21)32-27(35)31(17-20-9-7-19(3)8-10-20)26(34)24(30-32)25(33)29-16-22-6-4-5-15-28-22/h4-15,18H,16-17H2,1-3H3,(H,29,33). The highest BCUT2D eigenvalue weighted by atomic mass is 16.2. The molecular formula is C27H27N5O3. The minimum atomic E-state index is -0.746. The number of amides is 1. The lowest BCUT2D eigenvalue weighted by molar-refractivity contribution is 0.0940. The summed E-state index contributed by atoms with van der Waals surface area (Å²) in [5, 5.41) is 6.87. The molecule has 2 aromatic carbocycles. The van der Waals surface area contributed by atoms with Crippen LogP contribution in [0.15, 0.2) is 82.5 Å². The molecule has 0 aliphatic rings. The molecule has 0 saturated carbocycles. The minimum absolute atomic E-state index is 0.0189. The molecule has 0 atom stereocenters. The third-order valence-electron chi connectivity index (χ3n) is 5.70. The van der Waals surface area contributed by atoms with Crippen molar-refractivity contribution in [2.24, 2.45) is 0 Å². The van der Waals surface area contributed by atoms with Crippen molar-refractivity contribution in [3.63, 3.8) is 0 Å². The summed E-state index contributed by atoms with van der Waals surface area (Å²) in [7, 11) is 0. The van der Waals surface area contributed by atoms with Crippen LogP contribution in [-0.4, -0.2) is 25.2 Å². The fourth-order valence-corrected chi connectivity index (χ4v) is 3.60. The molecular weight excluding hydrogens is 442 g/mol. The average Bonchev–Trinajstić information content (AvgIpc) is 2.87. The first kappa shape index (κ1) is 23.8. The summed E-state index contributed by atoms with van der Waals surface area (Å²) in [4.78, 5) is 43.8. The highest BCUT2D eigenvalue weighted by Gasteiger charge is 2.20. The van der Waals surface area contributed by atoms with Crippen LogP contribution in [0.4, 0.5) is 0 Å². The average molecular weight is 470 g/mol. The van der Waals surface area contributed by atoms with Crippen LogP contribution in [0.2, 0.25) is 0 Å². The normalized spacial score (nSPS) is 11.0. The SMILES string of the molecule is Cc1ccc(Cn2c(=O)c(C(=O)NCc3ccccn3)nn(-c3ccc(C(C)C)cc3)c2=O)cc1. The molecule has 0 aliphatic heterocycles. The molecule has 0 unspecified atom stereocenters. The summed E-state index contributed by atoms with van der Waals surface area (Å²) in [6.07, 6.45) is 1.62. The van der Waals surface area contributed by atoms with Crippen molar-refractivity contribution in [2.45, 2.75) is 39.8 Å². The summed E-state index contributed by atoms with van der Waals surface area (Å²) < 4.78 is 2.15. The summed E-state index contributed by atoms with van der Waals surface area (Å²) in [6, 6.07) is 20.2. The molecule has 0 fully saturated rings. The quantitative estimate of drug-likeness (QED) is 0.448. The number of aryl methyl sites for hydroxylation is 1. The number of hydrogen-bond acceptors (Lipinski definition) is 5. The number of nitrogens with one attached hydrogen (secondary N) is 1. The number of hydrogen-bond donors (Lipinski definition) is 1. The Bertz CT molecular complexity index is 1440. The van der Waals surface area contributed by atoms with Crippen molar-refractivity contribution in [3.8, 4) is 5.69 Å². The van der Waals surface area contributed by atoms with Crippen LogP contribution < -0.4 is 16.6 Å². The lowest BCUT2D eigenvalue weighted by Crippen LogP contribution is -2.46. The third kappa shape index (κ3) is 5.43. The van der Waals surface area contributed by atoms with Crippen LogP contribution in [-0.2, 0) is 13.1 Å². The zero-order valence-corrected chi connectivity index (χ0v) is 19.9. The Balaban J connectivity index is 1.77.